The lowest BCUT2D eigenvalue weighted by atomic mass is 10.0. The third-order valence-electron chi connectivity index (χ3n) is 4.95. The lowest BCUT2D eigenvalue weighted by molar-refractivity contribution is -0.138. The van der Waals surface area contributed by atoms with Crippen LogP contribution in [0.2, 0.25) is 0 Å². The Bertz CT molecular complexity index is 604. The molecule has 0 radical (unpaired) electrons. The highest BCUT2D eigenvalue weighted by atomic mass is 16.5. The maximum absolute atomic E-state index is 12.7. The predicted octanol–water partition coefficient (Wildman–Crippen LogP) is 2.08. The van der Waals surface area contributed by atoms with E-state index in [0.29, 0.717) is 11.8 Å². The van der Waals surface area contributed by atoms with Crippen molar-refractivity contribution in [3.05, 3.63) is 24.3 Å². The van der Waals surface area contributed by atoms with Gasteiger partial charge in [0.25, 0.3) is 5.91 Å². The van der Waals surface area contributed by atoms with Gasteiger partial charge in [-0.2, -0.15) is 0 Å². The molecule has 2 amide bonds. The second kappa shape index (κ2) is 7.76. The number of carbonyl (C=O) groups excluding carboxylic acids is 2. The number of methoxy groups -OCH3 is 1. The highest BCUT2D eigenvalue weighted by Crippen LogP contribution is 2.32. The lowest BCUT2D eigenvalue weighted by Crippen LogP contribution is -2.50. The number of carbonyl (C=O) groups is 2. The number of hydrogen-bond donors (Lipinski definition) is 0. The Morgan fingerprint density at radius 1 is 1.04 bits per heavy atom. The predicted molar refractivity (Wildman–Crippen MR) is 93.6 cm³/mol. The molecule has 1 aliphatic heterocycles. The zero-order valence-electron chi connectivity index (χ0n) is 14.9. The number of amides is 2. The van der Waals surface area contributed by atoms with Gasteiger partial charge in [-0.05, 0) is 49.9 Å². The normalized spacial score (nSPS) is 17.9. The van der Waals surface area contributed by atoms with E-state index in [0.717, 1.165) is 44.5 Å². The van der Waals surface area contributed by atoms with Gasteiger partial charge in [-0.3, -0.25) is 9.59 Å². The van der Waals surface area contributed by atoms with Crippen LogP contribution in [0, 0.1) is 0 Å². The van der Waals surface area contributed by atoms with Crippen LogP contribution in [0.25, 0.3) is 0 Å². The van der Waals surface area contributed by atoms with Crippen molar-refractivity contribution in [1.82, 2.24) is 9.80 Å². The van der Waals surface area contributed by atoms with Gasteiger partial charge in [-0.25, -0.2) is 0 Å². The fourth-order valence-electron chi connectivity index (χ4n) is 3.41. The molecule has 0 aromatic heterocycles. The van der Waals surface area contributed by atoms with Gasteiger partial charge in [0.15, 0.2) is 6.61 Å². The van der Waals surface area contributed by atoms with Gasteiger partial charge in [0.1, 0.15) is 11.5 Å². The fourth-order valence-corrected chi connectivity index (χ4v) is 3.41. The summed E-state index contributed by atoms with van der Waals surface area (Å²) in [5.74, 6) is 1.58. The molecule has 0 spiro atoms. The molecule has 2 fully saturated rings. The number of rotatable bonds is 6. The van der Waals surface area contributed by atoms with E-state index in [1.54, 1.807) is 26.2 Å². The molecule has 6 heteroatoms. The Morgan fingerprint density at radius 3 is 2.12 bits per heavy atom. The summed E-state index contributed by atoms with van der Waals surface area (Å²) in [6.45, 7) is 3.12. The number of nitrogens with zero attached hydrogens (tertiary/aromatic N) is 2. The molecule has 25 heavy (non-hydrogen) atoms. The maximum Gasteiger partial charge on any atom is 0.261 e. The average molecular weight is 346 g/mol. The molecule has 0 unspecified atom stereocenters. The van der Waals surface area contributed by atoms with E-state index in [1.165, 1.54) is 0 Å². The number of likely N-dealkylation sites (tertiary alicyclic amines) is 1. The van der Waals surface area contributed by atoms with Crippen LogP contribution in [0.3, 0.4) is 0 Å². The monoisotopic (exact) mass is 346 g/mol. The molecule has 1 aromatic carbocycles. The quantitative estimate of drug-likeness (QED) is 0.791. The van der Waals surface area contributed by atoms with Crippen molar-refractivity contribution in [1.29, 1.82) is 0 Å². The van der Waals surface area contributed by atoms with Crippen LogP contribution < -0.4 is 9.47 Å². The standard InChI is InChI=1S/C19H26N2O4/c1-14(22)20-11-9-16(10-12-20)21(15-3-4-15)19(23)13-25-18-7-5-17(24-2)6-8-18/h5-8,15-16H,3-4,9-13H2,1-2H3. The summed E-state index contributed by atoms with van der Waals surface area (Å²) in [7, 11) is 1.62. The largest absolute Gasteiger partial charge is 0.497 e. The molecule has 1 aliphatic carbocycles. The fraction of sp³-hybridized carbons (Fsp3) is 0.579. The molecule has 0 bridgehead atoms. The van der Waals surface area contributed by atoms with E-state index in [-0.39, 0.29) is 24.5 Å². The molecule has 1 saturated carbocycles. The Morgan fingerprint density at radius 2 is 1.60 bits per heavy atom. The summed E-state index contributed by atoms with van der Waals surface area (Å²) in [6.07, 6.45) is 3.84. The van der Waals surface area contributed by atoms with Crippen molar-refractivity contribution in [3.63, 3.8) is 0 Å². The van der Waals surface area contributed by atoms with Gasteiger partial charge < -0.3 is 19.3 Å². The molecule has 1 saturated heterocycles. The van der Waals surface area contributed by atoms with Crippen LogP contribution in [0.1, 0.15) is 32.6 Å². The van der Waals surface area contributed by atoms with Gasteiger partial charge in [0, 0.05) is 32.1 Å². The summed E-state index contributed by atoms with van der Waals surface area (Å²) in [5.41, 5.74) is 0. The first-order valence-corrected chi connectivity index (χ1v) is 8.92. The van der Waals surface area contributed by atoms with Crippen molar-refractivity contribution in [2.75, 3.05) is 26.8 Å². The minimum atomic E-state index is 0.0413. The van der Waals surface area contributed by atoms with Crippen molar-refractivity contribution in [3.8, 4) is 11.5 Å². The van der Waals surface area contributed by atoms with E-state index < -0.39 is 0 Å². The number of piperidine rings is 1. The van der Waals surface area contributed by atoms with Crippen molar-refractivity contribution in [2.45, 2.75) is 44.7 Å². The lowest BCUT2D eigenvalue weighted by Gasteiger charge is -2.38. The topological polar surface area (TPSA) is 59.1 Å². The minimum absolute atomic E-state index is 0.0413. The van der Waals surface area contributed by atoms with Crippen LogP contribution in [0.4, 0.5) is 0 Å². The molecular formula is C19H26N2O4. The van der Waals surface area contributed by atoms with Gasteiger partial charge >= 0.3 is 0 Å². The first-order chi connectivity index (χ1) is 12.1. The second-order valence-corrected chi connectivity index (χ2v) is 6.73. The van der Waals surface area contributed by atoms with Gasteiger partial charge in [0.2, 0.25) is 5.91 Å². The molecule has 1 aromatic rings. The SMILES string of the molecule is COc1ccc(OCC(=O)N(C2CC2)C2CCN(C(C)=O)CC2)cc1. The first kappa shape index (κ1) is 17.6. The van der Waals surface area contributed by atoms with Crippen molar-refractivity contribution in [2.24, 2.45) is 0 Å². The zero-order valence-corrected chi connectivity index (χ0v) is 14.9. The molecular weight excluding hydrogens is 320 g/mol. The van der Waals surface area contributed by atoms with E-state index >= 15 is 0 Å². The van der Waals surface area contributed by atoms with Gasteiger partial charge in [-0.1, -0.05) is 0 Å². The minimum Gasteiger partial charge on any atom is -0.497 e. The summed E-state index contributed by atoms with van der Waals surface area (Å²) in [6, 6.07) is 7.81. The van der Waals surface area contributed by atoms with Crippen molar-refractivity contribution < 1.29 is 19.1 Å². The average Bonchev–Trinajstić information content (AvgIpc) is 3.46. The van der Waals surface area contributed by atoms with Crippen LogP contribution in [0.15, 0.2) is 24.3 Å². The first-order valence-electron chi connectivity index (χ1n) is 8.92. The Balaban J connectivity index is 1.55. The number of hydrogen-bond acceptors (Lipinski definition) is 4. The third kappa shape index (κ3) is 4.44. The van der Waals surface area contributed by atoms with E-state index in [9.17, 15) is 9.59 Å². The molecule has 3 rings (SSSR count). The molecule has 0 atom stereocenters. The summed E-state index contributed by atoms with van der Waals surface area (Å²) >= 11 is 0. The van der Waals surface area contributed by atoms with Crippen molar-refractivity contribution >= 4 is 11.8 Å². The molecule has 6 nitrogen and oxygen atoms in total. The Labute approximate surface area is 148 Å². The molecule has 2 aliphatic rings. The third-order valence-corrected chi connectivity index (χ3v) is 4.95. The van der Waals surface area contributed by atoms with Crippen LogP contribution in [0.5, 0.6) is 11.5 Å². The molecule has 0 N–H and O–H groups in total. The number of benzene rings is 1. The van der Waals surface area contributed by atoms with E-state index in [1.807, 2.05) is 21.9 Å². The van der Waals surface area contributed by atoms with Gasteiger partial charge in [0.05, 0.1) is 7.11 Å². The van der Waals surface area contributed by atoms with Gasteiger partial charge in [-0.15, -0.1) is 0 Å². The maximum atomic E-state index is 12.7. The van der Waals surface area contributed by atoms with Crippen LogP contribution in [-0.2, 0) is 9.59 Å². The molecule has 136 valence electrons. The van der Waals surface area contributed by atoms with Crippen LogP contribution in [-0.4, -0.2) is 60.5 Å². The summed E-state index contributed by atoms with van der Waals surface area (Å²) < 4.78 is 10.8. The van der Waals surface area contributed by atoms with E-state index in [2.05, 4.69) is 0 Å². The second-order valence-electron chi connectivity index (χ2n) is 6.73. The summed E-state index contributed by atoms with van der Waals surface area (Å²) in [5, 5.41) is 0. The smallest absolute Gasteiger partial charge is 0.261 e. The highest BCUT2D eigenvalue weighted by Gasteiger charge is 2.38. The Kier molecular flexibility index (Phi) is 5.46. The van der Waals surface area contributed by atoms with Crippen LogP contribution >= 0.6 is 0 Å². The number of ether oxygens (including phenoxy) is 2. The zero-order chi connectivity index (χ0) is 17.8. The Hall–Kier alpha value is -2.24. The van der Waals surface area contributed by atoms with E-state index in [4.69, 9.17) is 9.47 Å². The summed E-state index contributed by atoms with van der Waals surface area (Å²) in [4.78, 5) is 28.1. The highest BCUT2D eigenvalue weighted by molar-refractivity contribution is 5.79. The molecule has 1 heterocycles.